The molecule has 5 heteroatoms. The number of amides is 1. The number of aromatic nitrogens is 2. The predicted molar refractivity (Wildman–Crippen MR) is 69.3 cm³/mol. The number of carbonyl (C=O) groups excluding carboxylic acids is 1. The van der Waals surface area contributed by atoms with E-state index in [0.29, 0.717) is 11.6 Å². The van der Waals surface area contributed by atoms with Crippen LogP contribution in [0.2, 0.25) is 5.02 Å². The van der Waals surface area contributed by atoms with Gasteiger partial charge in [0.2, 0.25) is 0 Å². The molecule has 4 nitrogen and oxygen atoms in total. The van der Waals surface area contributed by atoms with Crippen LogP contribution in [-0.2, 0) is 13.6 Å². The topological polar surface area (TPSA) is 29.1 Å². The van der Waals surface area contributed by atoms with E-state index in [1.807, 2.05) is 42.1 Å². The molecule has 94 valence electrons. The molecule has 2 aromatic rings. The van der Waals surface area contributed by atoms with Gasteiger partial charge in [-0.1, -0.05) is 23.7 Å². The zero-order chi connectivity index (χ0) is 13.1. The monoisotopic (exact) mass is 264 g/mol. The molecule has 0 aliphatic rings. The number of halogens is 1. The third kappa shape index (κ3) is 2.90. The quantitative estimate of drug-likeness (QED) is 0.764. The Kier molecular flexibility index (Phi) is 3.67. The zero-order valence-corrected chi connectivity index (χ0v) is 11.1. The molecule has 1 heterocycles. The SMILES string of the molecule is CN(Cc1ccc(Cl)cc1)C(=O)n1cc[n+](C)c1. The Balaban J connectivity index is 2.05. The molecule has 0 unspecified atom stereocenters. The third-order valence-electron chi connectivity index (χ3n) is 2.65. The molecule has 2 rings (SSSR count). The minimum absolute atomic E-state index is 0.0643. The minimum atomic E-state index is -0.0643. The standard InChI is InChI=1S/C13H15ClN3O/c1-15-7-8-17(10-15)13(18)16(2)9-11-3-5-12(14)6-4-11/h3-8,10H,9H2,1-2H3/q+1. The number of hydrogen-bond acceptors (Lipinski definition) is 1. The fourth-order valence-corrected chi connectivity index (χ4v) is 1.82. The molecule has 1 amide bonds. The Morgan fingerprint density at radius 1 is 1.39 bits per heavy atom. The van der Waals surface area contributed by atoms with Crippen LogP contribution < -0.4 is 4.57 Å². The maximum Gasteiger partial charge on any atom is 0.415 e. The molecule has 1 aromatic heterocycles. The number of benzene rings is 1. The second-order valence-corrected chi connectivity index (χ2v) is 4.69. The van der Waals surface area contributed by atoms with Gasteiger partial charge in [-0.25, -0.2) is 9.36 Å². The van der Waals surface area contributed by atoms with Gasteiger partial charge in [0, 0.05) is 18.6 Å². The zero-order valence-electron chi connectivity index (χ0n) is 10.4. The van der Waals surface area contributed by atoms with E-state index >= 15 is 0 Å². The van der Waals surface area contributed by atoms with Crippen LogP contribution in [0.3, 0.4) is 0 Å². The van der Waals surface area contributed by atoms with Crippen LogP contribution in [0, 0.1) is 0 Å². The van der Waals surface area contributed by atoms with Gasteiger partial charge in [0.1, 0.15) is 12.4 Å². The molecule has 18 heavy (non-hydrogen) atoms. The molecular weight excluding hydrogens is 250 g/mol. The summed E-state index contributed by atoms with van der Waals surface area (Å²) in [5, 5.41) is 0.699. The molecule has 0 fully saturated rings. The van der Waals surface area contributed by atoms with Crippen molar-refractivity contribution in [2.45, 2.75) is 6.54 Å². The summed E-state index contributed by atoms with van der Waals surface area (Å²) in [4.78, 5) is 13.7. The van der Waals surface area contributed by atoms with Gasteiger partial charge in [0.05, 0.1) is 7.05 Å². The summed E-state index contributed by atoms with van der Waals surface area (Å²) in [5.41, 5.74) is 1.05. The van der Waals surface area contributed by atoms with Crippen LogP contribution in [0.1, 0.15) is 5.56 Å². The molecule has 1 aromatic carbocycles. The summed E-state index contributed by atoms with van der Waals surface area (Å²) in [7, 11) is 3.65. The fraction of sp³-hybridized carbons (Fsp3) is 0.231. The lowest BCUT2D eigenvalue weighted by Crippen LogP contribution is -2.32. The highest BCUT2D eigenvalue weighted by molar-refractivity contribution is 6.30. The predicted octanol–water partition coefficient (Wildman–Crippen LogP) is 2.07. The Morgan fingerprint density at radius 2 is 2.06 bits per heavy atom. The largest absolute Gasteiger partial charge is 0.415 e. The molecule has 0 spiro atoms. The first-order valence-corrected chi connectivity index (χ1v) is 5.97. The summed E-state index contributed by atoms with van der Waals surface area (Å²) in [6.45, 7) is 0.553. The van der Waals surface area contributed by atoms with Gasteiger partial charge < -0.3 is 4.90 Å². The normalized spacial score (nSPS) is 10.4. The van der Waals surface area contributed by atoms with Crippen molar-refractivity contribution in [1.82, 2.24) is 9.47 Å². The third-order valence-corrected chi connectivity index (χ3v) is 2.90. The van der Waals surface area contributed by atoms with Crippen LogP contribution >= 0.6 is 11.6 Å². The number of imidazole rings is 1. The molecule has 0 N–H and O–H groups in total. The van der Waals surface area contributed by atoms with E-state index in [9.17, 15) is 4.79 Å². The number of rotatable bonds is 2. The highest BCUT2D eigenvalue weighted by atomic mass is 35.5. The second kappa shape index (κ2) is 5.23. The van der Waals surface area contributed by atoms with E-state index in [0.717, 1.165) is 5.56 Å². The maximum absolute atomic E-state index is 12.1. The molecule has 0 saturated carbocycles. The first-order chi connectivity index (χ1) is 8.56. The van der Waals surface area contributed by atoms with E-state index in [-0.39, 0.29) is 6.03 Å². The Labute approximate surface area is 111 Å². The van der Waals surface area contributed by atoms with Crippen LogP contribution in [-0.4, -0.2) is 22.5 Å². The summed E-state index contributed by atoms with van der Waals surface area (Å²) in [6, 6.07) is 7.42. The number of carbonyl (C=O) groups is 1. The van der Waals surface area contributed by atoms with Crippen molar-refractivity contribution >= 4 is 17.6 Å². The molecule has 0 atom stereocenters. The van der Waals surface area contributed by atoms with Crippen molar-refractivity contribution in [3.63, 3.8) is 0 Å². The summed E-state index contributed by atoms with van der Waals surface area (Å²) in [5.74, 6) is 0. The van der Waals surface area contributed by atoms with Crippen molar-refractivity contribution < 1.29 is 9.36 Å². The molecule has 0 aliphatic heterocycles. The van der Waals surface area contributed by atoms with E-state index in [2.05, 4.69) is 0 Å². The van der Waals surface area contributed by atoms with E-state index in [1.165, 1.54) is 0 Å². The van der Waals surface area contributed by atoms with Crippen molar-refractivity contribution in [3.8, 4) is 0 Å². The van der Waals surface area contributed by atoms with Gasteiger partial charge in [-0.15, -0.1) is 0 Å². The van der Waals surface area contributed by atoms with Crippen molar-refractivity contribution in [3.05, 3.63) is 53.6 Å². The molecule has 0 bridgehead atoms. The van der Waals surface area contributed by atoms with E-state index in [4.69, 9.17) is 11.6 Å². The Bertz CT molecular complexity index is 548. The highest BCUT2D eigenvalue weighted by Gasteiger charge is 2.16. The minimum Gasteiger partial charge on any atom is -0.303 e. The van der Waals surface area contributed by atoms with E-state index < -0.39 is 0 Å². The summed E-state index contributed by atoms with van der Waals surface area (Å²) in [6.07, 6.45) is 5.30. The van der Waals surface area contributed by atoms with Crippen molar-refractivity contribution in [2.75, 3.05) is 7.05 Å². The van der Waals surface area contributed by atoms with Gasteiger partial charge >= 0.3 is 6.03 Å². The van der Waals surface area contributed by atoms with Gasteiger partial charge in [-0.05, 0) is 17.7 Å². The number of hydrogen-bond donors (Lipinski definition) is 0. The number of nitrogens with zero attached hydrogens (tertiary/aromatic N) is 3. The lowest BCUT2D eigenvalue weighted by atomic mass is 10.2. The summed E-state index contributed by atoms with van der Waals surface area (Å²) < 4.78 is 3.38. The maximum atomic E-state index is 12.1. The van der Waals surface area contributed by atoms with E-state index in [1.54, 1.807) is 29.0 Å². The average molecular weight is 265 g/mol. The van der Waals surface area contributed by atoms with Crippen LogP contribution in [0.25, 0.3) is 0 Å². The van der Waals surface area contributed by atoms with Gasteiger partial charge in [0.15, 0.2) is 0 Å². The number of aryl methyl sites for hydroxylation is 1. The molecule has 0 aliphatic carbocycles. The van der Waals surface area contributed by atoms with Crippen molar-refractivity contribution in [1.29, 1.82) is 0 Å². The lowest BCUT2D eigenvalue weighted by Gasteiger charge is -2.13. The van der Waals surface area contributed by atoms with Crippen LogP contribution in [0.15, 0.2) is 43.0 Å². The van der Waals surface area contributed by atoms with Gasteiger partial charge in [0.25, 0.3) is 6.33 Å². The Morgan fingerprint density at radius 3 is 2.61 bits per heavy atom. The smallest absolute Gasteiger partial charge is 0.303 e. The molecule has 0 radical (unpaired) electrons. The fourth-order valence-electron chi connectivity index (χ4n) is 1.69. The first-order valence-electron chi connectivity index (χ1n) is 5.59. The molecular formula is C13H15ClN3O+. The molecule has 0 saturated heterocycles. The average Bonchev–Trinajstić information content (AvgIpc) is 2.78. The highest BCUT2D eigenvalue weighted by Crippen LogP contribution is 2.11. The van der Waals surface area contributed by atoms with Crippen LogP contribution in [0.5, 0.6) is 0 Å². The second-order valence-electron chi connectivity index (χ2n) is 4.25. The Hall–Kier alpha value is -1.81. The van der Waals surface area contributed by atoms with Gasteiger partial charge in [-0.2, -0.15) is 4.57 Å². The van der Waals surface area contributed by atoms with Gasteiger partial charge in [-0.3, -0.25) is 0 Å². The summed E-state index contributed by atoms with van der Waals surface area (Å²) >= 11 is 5.82. The lowest BCUT2D eigenvalue weighted by molar-refractivity contribution is -0.670. The first kappa shape index (κ1) is 12.6. The van der Waals surface area contributed by atoms with Crippen molar-refractivity contribution in [2.24, 2.45) is 7.05 Å². The van der Waals surface area contributed by atoms with Crippen LogP contribution in [0.4, 0.5) is 4.79 Å².